The third-order valence-electron chi connectivity index (χ3n) is 8.58. The second kappa shape index (κ2) is 25.4. The number of benzene rings is 1. The molecule has 1 aromatic carbocycles. The molecule has 1 rings (SSSR count). The number of hydrogen-bond acceptors (Lipinski definition) is 15. The van der Waals surface area contributed by atoms with Crippen LogP contribution in [0.15, 0.2) is 41.5 Å². The van der Waals surface area contributed by atoms with Gasteiger partial charge in [0.25, 0.3) is 10.4 Å². The van der Waals surface area contributed by atoms with Crippen LogP contribution in [-0.2, 0) is 55.8 Å². The summed E-state index contributed by atoms with van der Waals surface area (Å²) in [6.07, 6.45) is 5.27. The van der Waals surface area contributed by atoms with Gasteiger partial charge >= 0.3 is 11.9 Å². The van der Waals surface area contributed by atoms with Gasteiger partial charge in [0, 0.05) is 12.6 Å². The van der Waals surface area contributed by atoms with Crippen molar-refractivity contribution < 1.29 is 71.0 Å². The van der Waals surface area contributed by atoms with Gasteiger partial charge in [-0.3, -0.25) is 50.5 Å². The fourth-order valence-corrected chi connectivity index (χ4v) is 6.79. The van der Waals surface area contributed by atoms with Gasteiger partial charge in [-0.05, 0) is 91.0 Å². The molecule has 2 unspecified atom stereocenters. The molecule has 60 heavy (non-hydrogen) atoms. The Bertz CT molecular complexity index is 2040. The van der Waals surface area contributed by atoms with Gasteiger partial charge in [0.05, 0.1) is 38.3 Å². The van der Waals surface area contributed by atoms with E-state index in [2.05, 4.69) is 54.2 Å². The fourth-order valence-electron chi connectivity index (χ4n) is 5.60. The third-order valence-corrected chi connectivity index (χ3v) is 9.81. The highest BCUT2D eigenvalue weighted by atomic mass is 32.3. The van der Waals surface area contributed by atoms with Crippen molar-refractivity contribution in [2.75, 3.05) is 33.7 Å². The normalized spacial score (nSPS) is 14.6. The van der Waals surface area contributed by atoms with Crippen LogP contribution in [-0.4, -0.2) is 119 Å². The average Bonchev–Trinajstić information content (AvgIpc) is 3.11. The van der Waals surface area contributed by atoms with E-state index < -0.39 is 85.2 Å². The van der Waals surface area contributed by atoms with E-state index in [9.17, 15) is 48.5 Å². The number of allylic oxidation sites excluding steroid dienone is 3. The quantitative estimate of drug-likeness (QED) is 0.0103. The Labute approximate surface area is 352 Å². The topological polar surface area (TPSA) is 379 Å². The molecule has 0 bridgehead atoms. The Morgan fingerprint density at radius 1 is 0.933 bits per heavy atom. The molecule has 342 valence electrons. The number of nitrogens with one attached hydrogen (secondary N) is 5. The number of amides is 2. The first-order chi connectivity index (χ1) is 27.7. The predicted molar refractivity (Wildman–Crippen MR) is 215 cm³/mol. The molecule has 0 aliphatic carbocycles. The van der Waals surface area contributed by atoms with E-state index in [1.807, 2.05) is 13.0 Å². The van der Waals surface area contributed by atoms with Gasteiger partial charge in [-0.1, -0.05) is 29.4 Å². The maximum absolute atomic E-state index is 13.9. The zero-order chi connectivity index (χ0) is 45.8. The molecule has 0 aliphatic rings. The van der Waals surface area contributed by atoms with Crippen LogP contribution in [0.3, 0.4) is 0 Å². The summed E-state index contributed by atoms with van der Waals surface area (Å²) < 4.78 is 116. The molecule has 0 saturated carbocycles. The van der Waals surface area contributed by atoms with Gasteiger partial charge in [0.2, 0.25) is 32.6 Å². The van der Waals surface area contributed by atoms with E-state index in [1.165, 1.54) is 30.0 Å². The Morgan fingerprint density at radius 3 is 2.17 bits per heavy atom. The summed E-state index contributed by atoms with van der Waals surface area (Å²) in [6, 6.07) is -0.855. The number of nitrogens with two attached hydrogens (primary N) is 3. The summed E-state index contributed by atoms with van der Waals surface area (Å²) in [5, 5.41) is 8.53. The van der Waals surface area contributed by atoms with Crippen molar-refractivity contribution in [2.45, 2.75) is 97.1 Å². The molecular weight excluding hydrogens is 855 g/mol. The lowest BCUT2D eigenvalue weighted by atomic mass is 9.99. The van der Waals surface area contributed by atoms with Gasteiger partial charge < -0.3 is 33.4 Å². The molecule has 26 heteroatoms. The van der Waals surface area contributed by atoms with Crippen LogP contribution in [0.5, 0.6) is 5.75 Å². The molecule has 4 atom stereocenters. The minimum Gasteiger partial charge on any atom is -0.726 e. The summed E-state index contributed by atoms with van der Waals surface area (Å²) in [5.74, 6) is -1.85. The fraction of sp³-hybridized carbons (Fsp3) is 0.588. The lowest BCUT2D eigenvalue weighted by Gasteiger charge is -2.33. The smallest absolute Gasteiger partial charge is 0.341 e. The minimum absolute atomic E-state index is 0.0192. The number of carbonyl (C=O) groups excluding carboxylic acids is 2. The summed E-state index contributed by atoms with van der Waals surface area (Å²) in [7, 11) is -13.4. The molecular formula is C34H58N9O14S3-. The number of hydrogen-bond donors (Lipinski definition) is 8. The first kappa shape index (κ1) is 53.6. The molecule has 0 saturated heterocycles. The van der Waals surface area contributed by atoms with Gasteiger partial charge in [-0.15, -0.1) is 0 Å². The molecule has 0 fully saturated rings. The summed E-state index contributed by atoms with van der Waals surface area (Å²) >= 11 is 0. The predicted octanol–water partition coefficient (Wildman–Crippen LogP) is -4.47. The average molecular weight is 913 g/mol. The van der Waals surface area contributed by atoms with Gasteiger partial charge in [0.15, 0.2) is 0 Å². The van der Waals surface area contributed by atoms with E-state index in [0.717, 1.165) is 31.0 Å². The molecule has 0 aromatic heterocycles. The Hall–Kier alpha value is -4.41. The molecule has 0 radical (unpaired) electrons. The number of likely N-dealkylation sites (N-methyl/N-ethyl adjacent to an activating group) is 2. The highest BCUT2D eigenvalue weighted by Gasteiger charge is 2.33. The van der Waals surface area contributed by atoms with E-state index in [4.69, 9.17) is 21.4 Å². The van der Waals surface area contributed by atoms with Crippen LogP contribution in [0.4, 0.5) is 0 Å². The van der Waals surface area contributed by atoms with Gasteiger partial charge in [-0.2, -0.15) is 0 Å². The van der Waals surface area contributed by atoms with Crippen molar-refractivity contribution in [1.82, 2.24) is 20.9 Å². The molecule has 2 amide bonds. The number of carbonyl (C=O) groups is 2. The molecule has 0 spiro atoms. The Morgan fingerprint density at radius 2 is 1.60 bits per heavy atom. The van der Waals surface area contributed by atoms with Crippen molar-refractivity contribution in [1.29, 1.82) is 0 Å². The zero-order valence-electron chi connectivity index (χ0n) is 34.4. The standard InChI is InChI=1S/C34H59N9O14S3/c1-22(2)10-7-11-23(3)16-19-41-34(37)40-18-8-12-27(38-5)32(45)43(6)28(13-9-17-39-33(35)36)31(44)42-24(4)30(57-60(52,53)54)25-14-15-29(56-59(49,50)51)26(20-25)21-55-58(46,47)48/h10,14-16,20,24,27-28,30,38H,7-9,11-13,17-19,21H2,1-6H3,(H,42,44)(H4,35,36,39)(H3,37,40,41)(H,46,47,48)(H,49,50,51)(H,52,53,54)/p-1/b23-16-/t24-,27?,28?,30+/m1/s1. The van der Waals surface area contributed by atoms with Crippen molar-refractivity contribution in [2.24, 2.45) is 17.2 Å². The van der Waals surface area contributed by atoms with Crippen LogP contribution in [0.2, 0.25) is 0 Å². The lowest BCUT2D eigenvalue weighted by molar-refractivity contribution is -0.459. The number of guanidine groups is 2. The van der Waals surface area contributed by atoms with Gasteiger partial charge in [-0.25, -0.2) is 25.3 Å². The Kier molecular flexibility index (Phi) is 22.7. The minimum atomic E-state index is -5.55. The summed E-state index contributed by atoms with van der Waals surface area (Å²) in [6.45, 7) is 7.30. The van der Waals surface area contributed by atoms with Crippen molar-refractivity contribution in [3.8, 4) is 5.75 Å². The molecule has 0 heterocycles. The maximum atomic E-state index is 13.9. The Balaban J connectivity index is 3.28. The lowest BCUT2D eigenvalue weighted by Crippen LogP contribution is -2.78. The van der Waals surface area contributed by atoms with Gasteiger partial charge in [0.1, 0.15) is 17.9 Å². The van der Waals surface area contributed by atoms with Crippen LogP contribution in [0.25, 0.3) is 0 Å². The number of rotatable bonds is 27. The van der Waals surface area contributed by atoms with E-state index >= 15 is 0 Å². The first-order valence-electron chi connectivity index (χ1n) is 18.5. The third kappa shape index (κ3) is 22.8. The second-order valence-corrected chi connectivity index (χ2v) is 16.9. The molecule has 1 aromatic rings. The van der Waals surface area contributed by atoms with Crippen molar-refractivity contribution in [3.63, 3.8) is 0 Å². The van der Waals surface area contributed by atoms with Crippen LogP contribution < -0.4 is 47.3 Å². The second-order valence-electron chi connectivity index (χ2n) is 13.8. The van der Waals surface area contributed by atoms with Crippen LogP contribution >= 0.6 is 0 Å². The molecule has 0 aliphatic heterocycles. The monoisotopic (exact) mass is 912 g/mol. The maximum Gasteiger partial charge on any atom is 0.341 e. The first-order valence-corrected chi connectivity index (χ1v) is 22.5. The van der Waals surface area contributed by atoms with Crippen LogP contribution in [0.1, 0.15) is 83.5 Å². The number of nitrogens with zero attached hydrogens (tertiary/aromatic N) is 1. The largest absolute Gasteiger partial charge is 0.726 e. The van der Waals surface area contributed by atoms with E-state index in [1.54, 1.807) is 7.05 Å². The SMILES string of the molecule is CNC(CCCNC(N)=[NH+]C/C=C(/C)CCC=C(C)C)C(=O)N(C)C(CCC[NH+]=C(N)N)C(=O)N[C@H](C)[C@H](OS(=O)(=O)[O-])c1ccc(OS(=O)(=O)[O-])c(COS(=O)(=O)[O-])c1. The summed E-state index contributed by atoms with van der Waals surface area (Å²) in [5.41, 5.74) is 18.6. The summed E-state index contributed by atoms with van der Waals surface area (Å²) in [4.78, 5) is 34.7. The van der Waals surface area contributed by atoms with E-state index in [0.29, 0.717) is 31.9 Å². The highest BCUT2D eigenvalue weighted by molar-refractivity contribution is 7.81. The van der Waals surface area contributed by atoms with E-state index in [-0.39, 0.29) is 30.9 Å². The highest BCUT2D eigenvalue weighted by Crippen LogP contribution is 2.30. The molecule has 23 nitrogen and oxygen atoms in total. The van der Waals surface area contributed by atoms with Crippen LogP contribution in [0, 0.1) is 0 Å². The van der Waals surface area contributed by atoms with Crippen molar-refractivity contribution in [3.05, 3.63) is 52.6 Å². The van der Waals surface area contributed by atoms with Crippen molar-refractivity contribution >= 4 is 54.9 Å². The molecule has 11 N–H and O–H groups in total. The zero-order valence-corrected chi connectivity index (χ0v) is 36.8.